The molecule has 20 heavy (non-hydrogen) atoms. The van der Waals surface area contributed by atoms with E-state index in [1.807, 2.05) is 6.92 Å². The summed E-state index contributed by atoms with van der Waals surface area (Å²) in [5.74, 6) is 0.679. The van der Waals surface area contributed by atoms with E-state index in [9.17, 15) is 4.79 Å². The third-order valence-electron chi connectivity index (χ3n) is 2.81. The van der Waals surface area contributed by atoms with E-state index in [0.717, 1.165) is 12.1 Å². The molecule has 0 aliphatic heterocycles. The maximum atomic E-state index is 12.0. The summed E-state index contributed by atoms with van der Waals surface area (Å²) < 4.78 is 6.63. The number of rotatable bonds is 5. The lowest BCUT2D eigenvalue weighted by atomic mass is 10.2. The third kappa shape index (κ3) is 3.30. The fourth-order valence-electron chi connectivity index (χ4n) is 1.89. The summed E-state index contributed by atoms with van der Waals surface area (Å²) >= 11 is 5.97. The highest BCUT2D eigenvalue weighted by Crippen LogP contribution is 2.22. The first-order valence-corrected chi connectivity index (χ1v) is 6.65. The summed E-state index contributed by atoms with van der Waals surface area (Å²) in [6.07, 6.45) is 1.63. The molecule has 0 bridgehead atoms. The normalized spacial score (nSPS) is 10.3. The molecule has 0 radical (unpaired) electrons. The fraction of sp³-hybridized carbons (Fsp3) is 0.286. The average molecular weight is 294 g/mol. The molecule has 0 spiro atoms. The summed E-state index contributed by atoms with van der Waals surface area (Å²) in [5, 5.41) is 7.79. The third-order valence-corrected chi connectivity index (χ3v) is 3.05. The summed E-state index contributed by atoms with van der Waals surface area (Å²) in [4.78, 5) is 12.0. The van der Waals surface area contributed by atoms with Crippen LogP contribution < -0.4 is 15.6 Å². The van der Waals surface area contributed by atoms with E-state index in [0.29, 0.717) is 23.0 Å². The van der Waals surface area contributed by atoms with Crippen molar-refractivity contribution < 1.29 is 4.74 Å². The molecule has 1 heterocycles. The number of benzene rings is 1. The van der Waals surface area contributed by atoms with Crippen molar-refractivity contribution in [2.45, 2.75) is 13.5 Å². The van der Waals surface area contributed by atoms with Gasteiger partial charge in [0.05, 0.1) is 25.5 Å². The van der Waals surface area contributed by atoms with E-state index < -0.39 is 0 Å². The molecule has 2 rings (SSSR count). The molecule has 0 fully saturated rings. The first kappa shape index (κ1) is 14.4. The van der Waals surface area contributed by atoms with Crippen molar-refractivity contribution in [3.63, 3.8) is 0 Å². The molecule has 0 saturated carbocycles. The Bertz CT molecular complexity index is 655. The number of nitrogens with one attached hydrogen (secondary N) is 1. The van der Waals surface area contributed by atoms with Gasteiger partial charge in [0.25, 0.3) is 5.56 Å². The van der Waals surface area contributed by atoms with Gasteiger partial charge in [0, 0.05) is 23.2 Å². The minimum atomic E-state index is -0.175. The molecule has 0 unspecified atom stereocenters. The predicted molar refractivity (Wildman–Crippen MR) is 79.8 cm³/mol. The molecule has 5 nitrogen and oxygen atoms in total. The fourth-order valence-corrected chi connectivity index (χ4v) is 2.08. The molecule has 1 aromatic heterocycles. The second-order valence-corrected chi connectivity index (χ2v) is 4.66. The monoisotopic (exact) mass is 293 g/mol. The minimum Gasteiger partial charge on any atom is -0.496 e. The maximum absolute atomic E-state index is 12.0. The molecule has 2 aromatic rings. The van der Waals surface area contributed by atoms with Crippen LogP contribution in [-0.4, -0.2) is 23.4 Å². The number of methoxy groups -OCH3 is 1. The molecular weight excluding hydrogens is 278 g/mol. The number of nitrogens with zero attached hydrogens (tertiary/aromatic N) is 2. The standard InChI is InChI=1S/C14H16ClN3O2/c1-3-16-12-7-14(19)18(17-8-12)9-10-6-11(15)4-5-13(10)20-2/h4-8,16H,3,9H2,1-2H3. The van der Waals surface area contributed by atoms with Crippen LogP contribution in [0.5, 0.6) is 5.75 Å². The van der Waals surface area contributed by atoms with Crippen LogP contribution >= 0.6 is 11.6 Å². The van der Waals surface area contributed by atoms with Crippen LogP contribution in [0, 0.1) is 0 Å². The topological polar surface area (TPSA) is 56.1 Å². The Morgan fingerprint density at radius 2 is 2.20 bits per heavy atom. The molecular formula is C14H16ClN3O2. The molecule has 0 saturated heterocycles. The van der Waals surface area contributed by atoms with Crippen LogP contribution in [-0.2, 0) is 6.54 Å². The highest BCUT2D eigenvalue weighted by molar-refractivity contribution is 6.30. The minimum absolute atomic E-state index is 0.175. The molecule has 0 aliphatic rings. The van der Waals surface area contributed by atoms with Gasteiger partial charge in [-0.1, -0.05) is 11.6 Å². The summed E-state index contributed by atoms with van der Waals surface area (Å²) in [6.45, 7) is 3.02. The molecule has 6 heteroatoms. The van der Waals surface area contributed by atoms with E-state index in [-0.39, 0.29) is 5.56 Å². The predicted octanol–water partition coefficient (Wildman–Crippen LogP) is 2.39. The van der Waals surface area contributed by atoms with Gasteiger partial charge in [0.15, 0.2) is 0 Å². The molecule has 1 aromatic carbocycles. The van der Waals surface area contributed by atoms with E-state index in [1.165, 1.54) is 10.7 Å². The number of anilines is 1. The molecule has 0 aliphatic carbocycles. The Kier molecular flexibility index (Phi) is 4.63. The van der Waals surface area contributed by atoms with Crippen molar-refractivity contribution in [3.8, 4) is 5.75 Å². The highest BCUT2D eigenvalue weighted by atomic mass is 35.5. The largest absolute Gasteiger partial charge is 0.496 e. The zero-order chi connectivity index (χ0) is 14.5. The molecule has 106 valence electrons. The quantitative estimate of drug-likeness (QED) is 0.919. The second-order valence-electron chi connectivity index (χ2n) is 4.23. The van der Waals surface area contributed by atoms with Gasteiger partial charge in [-0.05, 0) is 25.1 Å². The van der Waals surface area contributed by atoms with E-state index in [1.54, 1.807) is 31.5 Å². The SMILES string of the molecule is CCNc1cnn(Cc2cc(Cl)ccc2OC)c(=O)c1. The molecule has 0 atom stereocenters. The van der Waals surface area contributed by atoms with E-state index in [2.05, 4.69) is 10.4 Å². The molecule has 1 N–H and O–H groups in total. The Hall–Kier alpha value is -2.01. The van der Waals surface area contributed by atoms with E-state index in [4.69, 9.17) is 16.3 Å². The van der Waals surface area contributed by atoms with Gasteiger partial charge in [0.2, 0.25) is 0 Å². The van der Waals surface area contributed by atoms with Crippen LogP contribution in [0.25, 0.3) is 0 Å². The zero-order valence-corrected chi connectivity index (χ0v) is 12.1. The van der Waals surface area contributed by atoms with Crippen molar-refractivity contribution in [2.24, 2.45) is 0 Å². The van der Waals surface area contributed by atoms with Crippen molar-refractivity contribution in [3.05, 3.63) is 51.4 Å². The maximum Gasteiger partial charge on any atom is 0.269 e. The van der Waals surface area contributed by atoms with Gasteiger partial charge < -0.3 is 10.1 Å². The average Bonchev–Trinajstić information content (AvgIpc) is 2.42. The van der Waals surface area contributed by atoms with E-state index >= 15 is 0 Å². The lowest BCUT2D eigenvalue weighted by Gasteiger charge is -2.10. The van der Waals surface area contributed by atoms with Crippen LogP contribution in [0.3, 0.4) is 0 Å². The van der Waals surface area contributed by atoms with Crippen molar-refractivity contribution in [2.75, 3.05) is 19.0 Å². The number of aromatic nitrogens is 2. The number of halogens is 1. The van der Waals surface area contributed by atoms with Crippen LogP contribution in [0.1, 0.15) is 12.5 Å². The van der Waals surface area contributed by atoms with Crippen molar-refractivity contribution in [1.82, 2.24) is 9.78 Å². The summed E-state index contributed by atoms with van der Waals surface area (Å²) in [7, 11) is 1.58. The van der Waals surface area contributed by atoms with Crippen molar-refractivity contribution >= 4 is 17.3 Å². The van der Waals surface area contributed by atoms with Gasteiger partial charge in [-0.2, -0.15) is 5.10 Å². The van der Waals surface area contributed by atoms with Gasteiger partial charge in [-0.3, -0.25) is 4.79 Å². The number of hydrogen-bond donors (Lipinski definition) is 1. The Morgan fingerprint density at radius 1 is 1.40 bits per heavy atom. The molecule has 0 amide bonds. The Labute approximate surface area is 122 Å². The zero-order valence-electron chi connectivity index (χ0n) is 11.4. The lowest BCUT2D eigenvalue weighted by molar-refractivity contribution is 0.407. The van der Waals surface area contributed by atoms with Crippen LogP contribution in [0.15, 0.2) is 35.3 Å². The van der Waals surface area contributed by atoms with Crippen molar-refractivity contribution in [1.29, 1.82) is 0 Å². The Morgan fingerprint density at radius 3 is 2.85 bits per heavy atom. The summed E-state index contributed by atoms with van der Waals surface area (Å²) in [6, 6.07) is 6.81. The summed E-state index contributed by atoms with van der Waals surface area (Å²) in [5.41, 5.74) is 1.35. The smallest absolute Gasteiger partial charge is 0.269 e. The first-order chi connectivity index (χ1) is 9.63. The Balaban J connectivity index is 2.30. The number of ether oxygens (including phenoxy) is 1. The number of hydrogen-bond acceptors (Lipinski definition) is 4. The van der Waals surface area contributed by atoms with Crippen LogP contribution in [0.2, 0.25) is 5.02 Å². The highest BCUT2D eigenvalue weighted by Gasteiger charge is 2.07. The first-order valence-electron chi connectivity index (χ1n) is 6.27. The second kappa shape index (κ2) is 6.43. The van der Waals surface area contributed by atoms with Gasteiger partial charge in [0.1, 0.15) is 5.75 Å². The van der Waals surface area contributed by atoms with Gasteiger partial charge in [-0.15, -0.1) is 0 Å². The van der Waals surface area contributed by atoms with Gasteiger partial charge in [-0.25, -0.2) is 4.68 Å². The van der Waals surface area contributed by atoms with Crippen LogP contribution in [0.4, 0.5) is 5.69 Å². The lowest BCUT2D eigenvalue weighted by Crippen LogP contribution is -2.23. The van der Waals surface area contributed by atoms with Gasteiger partial charge >= 0.3 is 0 Å².